The van der Waals surface area contributed by atoms with E-state index in [1.165, 1.54) is 25.1 Å². The predicted molar refractivity (Wildman–Crippen MR) is 82.4 cm³/mol. The van der Waals surface area contributed by atoms with Gasteiger partial charge < -0.3 is 5.32 Å². The lowest BCUT2D eigenvalue weighted by molar-refractivity contribution is -0.299. The van der Waals surface area contributed by atoms with Gasteiger partial charge in [-0.3, -0.25) is 5.43 Å². The fourth-order valence-corrected chi connectivity index (χ4v) is 3.48. The zero-order valence-corrected chi connectivity index (χ0v) is 14.9. The van der Waals surface area contributed by atoms with Crippen LogP contribution < -0.4 is 15.6 Å². The molecular weight excluding hydrogens is 412 g/mol. The van der Waals surface area contributed by atoms with Gasteiger partial charge in [0, 0.05) is 0 Å². The Hall–Kier alpha value is -1.66. The van der Waals surface area contributed by atoms with Crippen LogP contribution in [0.3, 0.4) is 0 Å². The number of rotatable bonds is 6. The summed E-state index contributed by atoms with van der Waals surface area (Å²) in [6.45, 7) is 4.18. The highest BCUT2D eigenvalue weighted by atomic mass is 35.5. The van der Waals surface area contributed by atoms with Crippen LogP contribution in [0, 0.1) is 6.92 Å². The van der Waals surface area contributed by atoms with E-state index in [-0.39, 0.29) is 17.5 Å². The lowest BCUT2D eigenvalue weighted by atomic mass is 10.0. The molecule has 148 valence electrons. The van der Waals surface area contributed by atoms with Gasteiger partial charge in [-0.25, -0.2) is 8.42 Å². The van der Waals surface area contributed by atoms with Crippen LogP contribution in [0.15, 0.2) is 35.5 Å². The minimum atomic E-state index is -5.73. The molecule has 0 saturated heterocycles. The van der Waals surface area contributed by atoms with Gasteiger partial charge in [0.05, 0.1) is 5.02 Å². The summed E-state index contributed by atoms with van der Waals surface area (Å²) < 4.78 is 101. The molecule has 0 heterocycles. The standard InChI is InChI=1S/C13H14ClF6N3O2S/c1-7-5-4-6-9(14)10(7)26(24,25)23-22-8(2)21-11(3,12(15,16)17)13(18,19)20/h4-6,21-23H,2H2,1,3H3. The van der Waals surface area contributed by atoms with Crippen LogP contribution in [-0.4, -0.2) is 26.3 Å². The predicted octanol–water partition coefficient (Wildman–Crippen LogP) is 3.38. The van der Waals surface area contributed by atoms with Crippen LogP contribution in [0.25, 0.3) is 0 Å². The van der Waals surface area contributed by atoms with E-state index in [4.69, 9.17) is 11.6 Å². The van der Waals surface area contributed by atoms with Gasteiger partial charge in [-0.05, 0) is 25.5 Å². The lowest BCUT2D eigenvalue weighted by Crippen LogP contribution is -2.65. The van der Waals surface area contributed by atoms with E-state index in [0.717, 1.165) is 5.32 Å². The van der Waals surface area contributed by atoms with Crippen LogP contribution >= 0.6 is 11.6 Å². The lowest BCUT2D eigenvalue weighted by Gasteiger charge is -2.36. The molecule has 0 aliphatic carbocycles. The summed E-state index contributed by atoms with van der Waals surface area (Å²) >= 11 is 5.77. The Balaban J connectivity index is 2.99. The van der Waals surface area contributed by atoms with Gasteiger partial charge in [-0.2, -0.15) is 26.3 Å². The first-order valence-electron chi connectivity index (χ1n) is 6.66. The summed E-state index contributed by atoms with van der Waals surface area (Å²) in [6.07, 6.45) is -11.5. The number of hydrogen-bond donors (Lipinski definition) is 3. The van der Waals surface area contributed by atoms with Crippen LogP contribution in [0.4, 0.5) is 26.3 Å². The highest BCUT2D eigenvalue weighted by Crippen LogP contribution is 2.43. The van der Waals surface area contributed by atoms with E-state index in [0.29, 0.717) is 0 Å². The molecule has 0 aliphatic heterocycles. The largest absolute Gasteiger partial charge is 0.420 e. The molecule has 5 nitrogen and oxygen atoms in total. The fraction of sp³-hybridized carbons (Fsp3) is 0.385. The Morgan fingerprint density at radius 2 is 1.62 bits per heavy atom. The molecule has 1 aromatic carbocycles. The fourth-order valence-electron chi connectivity index (χ4n) is 1.77. The first-order chi connectivity index (χ1) is 11.5. The van der Waals surface area contributed by atoms with Gasteiger partial charge in [0.2, 0.25) is 5.54 Å². The molecule has 13 heteroatoms. The third-order valence-electron chi connectivity index (χ3n) is 3.30. The van der Waals surface area contributed by atoms with Crippen molar-refractivity contribution in [3.63, 3.8) is 0 Å². The summed E-state index contributed by atoms with van der Waals surface area (Å²) in [4.78, 5) is 1.23. The summed E-state index contributed by atoms with van der Waals surface area (Å²) in [5.74, 6) is -1.07. The molecule has 0 spiro atoms. The summed E-state index contributed by atoms with van der Waals surface area (Å²) in [7, 11) is -4.40. The molecule has 26 heavy (non-hydrogen) atoms. The van der Waals surface area contributed by atoms with Crippen molar-refractivity contribution in [1.29, 1.82) is 0 Å². The van der Waals surface area contributed by atoms with Gasteiger partial charge in [-0.1, -0.05) is 30.3 Å². The van der Waals surface area contributed by atoms with E-state index in [9.17, 15) is 34.8 Å². The number of aryl methyl sites for hydroxylation is 1. The molecule has 0 saturated carbocycles. The van der Waals surface area contributed by atoms with E-state index < -0.39 is 38.6 Å². The zero-order valence-electron chi connectivity index (χ0n) is 13.3. The van der Waals surface area contributed by atoms with Crippen LogP contribution in [-0.2, 0) is 10.0 Å². The second kappa shape index (κ2) is 7.16. The van der Waals surface area contributed by atoms with Crippen molar-refractivity contribution in [1.82, 2.24) is 15.6 Å². The molecule has 0 aromatic heterocycles. The minimum Gasteiger partial charge on any atom is -0.350 e. The maximum Gasteiger partial charge on any atom is 0.420 e. The Labute approximate surface area is 150 Å². The first kappa shape index (κ1) is 22.4. The highest BCUT2D eigenvalue weighted by molar-refractivity contribution is 7.89. The van der Waals surface area contributed by atoms with Crippen molar-refractivity contribution in [3.05, 3.63) is 41.2 Å². The zero-order chi connectivity index (χ0) is 20.6. The number of hydrogen-bond acceptors (Lipinski definition) is 4. The van der Waals surface area contributed by atoms with E-state index in [2.05, 4.69) is 6.58 Å². The maximum absolute atomic E-state index is 12.8. The van der Waals surface area contributed by atoms with E-state index in [1.54, 1.807) is 10.3 Å². The summed E-state index contributed by atoms with van der Waals surface area (Å²) in [5, 5.41) is 0.924. The third kappa shape index (κ3) is 4.54. The normalized spacial score (nSPS) is 13.4. The van der Waals surface area contributed by atoms with Gasteiger partial charge in [-0.15, -0.1) is 4.83 Å². The van der Waals surface area contributed by atoms with Crippen molar-refractivity contribution >= 4 is 21.6 Å². The number of hydrazine groups is 1. The number of nitrogens with one attached hydrogen (secondary N) is 3. The molecule has 1 aromatic rings. The SMILES string of the molecule is C=C(NNS(=O)(=O)c1c(C)cccc1Cl)NC(C)(C(F)(F)F)C(F)(F)F. The second-order valence-corrected chi connectivity index (χ2v) is 7.37. The van der Waals surface area contributed by atoms with Crippen molar-refractivity contribution in [2.24, 2.45) is 0 Å². The molecule has 0 radical (unpaired) electrons. The number of sulfonamides is 1. The quantitative estimate of drug-likeness (QED) is 0.483. The maximum atomic E-state index is 12.8. The molecule has 0 unspecified atom stereocenters. The second-order valence-electron chi connectivity index (χ2n) is 5.34. The van der Waals surface area contributed by atoms with Gasteiger partial charge in [0.25, 0.3) is 10.0 Å². The molecular formula is C13H14ClF6N3O2S. The molecule has 0 fully saturated rings. The number of alkyl halides is 6. The Kier molecular flexibility index (Phi) is 6.16. The Morgan fingerprint density at radius 3 is 2.04 bits per heavy atom. The Morgan fingerprint density at radius 1 is 1.12 bits per heavy atom. The molecule has 0 amide bonds. The number of benzene rings is 1. The van der Waals surface area contributed by atoms with Crippen LogP contribution in [0.5, 0.6) is 0 Å². The smallest absolute Gasteiger partial charge is 0.350 e. The summed E-state index contributed by atoms with van der Waals surface area (Å²) in [5.41, 5.74) is -2.47. The van der Waals surface area contributed by atoms with Crippen LogP contribution in [0.1, 0.15) is 12.5 Å². The average Bonchev–Trinajstić information content (AvgIpc) is 2.42. The Bertz CT molecular complexity index is 758. The van der Waals surface area contributed by atoms with Gasteiger partial charge >= 0.3 is 12.4 Å². The van der Waals surface area contributed by atoms with Crippen molar-refractivity contribution in [2.75, 3.05) is 0 Å². The first-order valence-corrected chi connectivity index (χ1v) is 8.52. The highest BCUT2D eigenvalue weighted by Gasteiger charge is 2.68. The van der Waals surface area contributed by atoms with Gasteiger partial charge in [0.1, 0.15) is 10.7 Å². The van der Waals surface area contributed by atoms with Crippen LogP contribution in [0.2, 0.25) is 5.02 Å². The molecule has 1 rings (SSSR count). The topological polar surface area (TPSA) is 70.2 Å². The molecule has 3 N–H and O–H groups in total. The number of halogens is 7. The van der Waals surface area contributed by atoms with Crippen molar-refractivity contribution < 1.29 is 34.8 Å². The molecule has 0 aliphatic rings. The monoisotopic (exact) mass is 425 g/mol. The van der Waals surface area contributed by atoms with Crippen molar-refractivity contribution in [3.8, 4) is 0 Å². The van der Waals surface area contributed by atoms with Gasteiger partial charge in [0.15, 0.2) is 0 Å². The van der Waals surface area contributed by atoms with Crippen molar-refractivity contribution in [2.45, 2.75) is 36.6 Å². The third-order valence-corrected chi connectivity index (χ3v) is 5.18. The average molecular weight is 426 g/mol. The minimum absolute atomic E-state index is 0.146. The van der Waals surface area contributed by atoms with E-state index >= 15 is 0 Å². The molecule has 0 bridgehead atoms. The van der Waals surface area contributed by atoms with E-state index in [1.807, 2.05) is 0 Å². The summed E-state index contributed by atoms with van der Waals surface area (Å²) in [6, 6.07) is 4.11. The molecule has 0 atom stereocenters.